The van der Waals surface area contributed by atoms with E-state index in [0.717, 1.165) is 6.54 Å². The summed E-state index contributed by atoms with van der Waals surface area (Å²) < 4.78 is 5.09. The van der Waals surface area contributed by atoms with Gasteiger partial charge in [-0.3, -0.25) is 0 Å². The van der Waals surface area contributed by atoms with Gasteiger partial charge in [-0.1, -0.05) is 12.8 Å². The summed E-state index contributed by atoms with van der Waals surface area (Å²) in [6.07, 6.45) is 4.71. The summed E-state index contributed by atoms with van der Waals surface area (Å²) in [6.45, 7) is 1.99. The van der Waals surface area contributed by atoms with E-state index in [9.17, 15) is 4.79 Å². The molecule has 82 valence electrons. The Bertz CT molecular complexity index is 168. The van der Waals surface area contributed by atoms with Crippen molar-refractivity contribution in [3.8, 4) is 0 Å². The van der Waals surface area contributed by atoms with Gasteiger partial charge in [0.1, 0.15) is 0 Å². The first-order valence-electron chi connectivity index (χ1n) is 5.38. The van der Waals surface area contributed by atoms with Crippen LogP contribution in [0.3, 0.4) is 0 Å². The molecule has 0 unspecified atom stereocenters. The van der Waals surface area contributed by atoms with Gasteiger partial charge in [-0.25, -0.2) is 4.79 Å². The largest absolute Gasteiger partial charge is 0.449 e. The van der Waals surface area contributed by atoms with E-state index in [1.54, 1.807) is 0 Å². The topological polar surface area (TPSA) is 50.4 Å². The number of ether oxygens (including phenoxy) is 1. The van der Waals surface area contributed by atoms with E-state index in [1.165, 1.54) is 25.7 Å². The number of alkyl carbamates (subject to hydrolysis) is 1. The molecule has 4 nitrogen and oxygen atoms in total. The molecule has 4 heteroatoms. The van der Waals surface area contributed by atoms with E-state index in [0.29, 0.717) is 19.1 Å². The number of amides is 1. The maximum atomic E-state index is 11.1. The second kappa shape index (κ2) is 6.65. The summed E-state index contributed by atoms with van der Waals surface area (Å²) in [5.41, 5.74) is 0. The van der Waals surface area contributed by atoms with Crippen molar-refractivity contribution in [2.75, 3.05) is 26.7 Å². The van der Waals surface area contributed by atoms with Gasteiger partial charge < -0.3 is 15.4 Å². The van der Waals surface area contributed by atoms with Gasteiger partial charge in [0.05, 0.1) is 6.61 Å². The summed E-state index contributed by atoms with van der Waals surface area (Å²) in [4.78, 5) is 11.1. The summed E-state index contributed by atoms with van der Waals surface area (Å²) >= 11 is 0. The lowest BCUT2D eigenvalue weighted by Gasteiger charge is -2.10. The third kappa shape index (κ3) is 4.46. The molecule has 1 amide bonds. The molecule has 1 rings (SSSR count). The third-order valence-electron chi connectivity index (χ3n) is 2.57. The second-order valence-electron chi connectivity index (χ2n) is 3.78. The molecule has 0 aromatic heterocycles. The molecule has 2 N–H and O–H groups in total. The molecule has 0 atom stereocenters. The van der Waals surface area contributed by atoms with Gasteiger partial charge in [0.2, 0.25) is 0 Å². The second-order valence-corrected chi connectivity index (χ2v) is 3.78. The summed E-state index contributed by atoms with van der Waals surface area (Å²) in [6, 6.07) is 0. The highest BCUT2D eigenvalue weighted by atomic mass is 16.5. The minimum absolute atomic E-state index is 0.285. The van der Waals surface area contributed by atoms with Crippen LogP contribution in [0.5, 0.6) is 0 Å². The van der Waals surface area contributed by atoms with Crippen molar-refractivity contribution < 1.29 is 9.53 Å². The lowest BCUT2D eigenvalue weighted by molar-refractivity contribution is 0.128. The van der Waals surface area contributed by atoms with Crippen LogP contribution in [-0.4, -0.2) is 32.8 Å². The number of carbonyl (C=O) groups is 1. The first-order chi connectivity index (χ1) is 6.83. The Morgan fingerprint density at radius 3 is 2.71 bits per heavy atom. The van der Waals surface area contributed by atoms with Gasteiger partial charge >= 0.3 is 6.09 Å². The first-order valence-corrected chi connectivity index (χ1v) is 5.38. The van der Waals surface area contributed by atoms with Crippen molar-refractivity contribution in [3.05, 3.63) is 0 Å². The molecule has 1 saturated carbocycles. The maximum absolute atomic E-state index is 11.1. The predicted molar refractivity (Wildman–Crippen MR) is 55.2 cm³/mol. The van der Waals surface area contributed by atoms with E-state index in [4.69, 9.17) is 4.74 Å². The fraction of sp³-hybridized carbons (Fsp3) is 0.900. The van der Waals surface area contributed by atoms with Gasteiger partial charge in [0, 0.05) is 13.1 Å². The van der Waals surface area contributed by atoms with Crippen LogP contribution in [0.2, 0.25) is 0 Å². The van der Waals surface area contributed by atoms with E-state index in [-0.39, 0.29) is 6.09 Å². The van der Waals surface area contributed by atoms with Crippen LogP contribution in [0.1, 0.15) is 25.7 Å². The highest BCUT2D eigenvalue weighted by Gasteiger charge is 2.16. The van der Waals surface area contributed by atoms with Crippen LogP contribution < -0.4 is 10.6 Å². The quantitative estimate of drug-likeness (QED) is 0.654. The average Bonchev–Trinajstić information content (AvgIpc) is 2.68. The smallest absolute Gasteiger partial charge is 0.407 e. The van der Waals surface area contributed by atoms with Crippen LogP contribution in [0.25, 0.3) is 0 Å². The van der Waals surface area contributed by atoms with Crippen LogP contribution >= 0.6 is 0 Å². The Kier molecular flexibility index (Phi) is 5.37. The number of carbonyl (C=O) groups excluding carboxylic acids is 1. The highest BCUT2D eigenvalue weighted by molar-refractivity contribution is 5.67. The monoisotopic (exact) mass is 200 g/mol. The number of hydrogen-bond donors (Lipinski definition) is 2. The van der Waals surface area contributed by atoms with Gasteiger partial charge in [-0.15, -0.1) is 0 Å². The lowest BCUT2D eigenvalue weighted by Crippen LogP contribution is -2.31. The zero-order valence-corrected chi connectivity index (χ0v) is 8.84. The lowest BCUT2D eigenvalue weighted by atomic mass is 10.1. The SMILES string of the molecule is CNCCNC(=O)OCC1CCCC1. The van der Waals surface area contributed by atoms with E-state index in [2.05, 4.69) is 10.6 Å². The molecule has 0 heterocycles. The van der Waals surface area contributed by atoms with Crippen molar-refractivity contribution in [3.63, 3.8) is 0 Å². The molecule has 0 aromatic rings. The summed E-state index contributed by atoms with van der Waals surface area (Å²) in [5, 5.41) is 5.63. The molecule has 14 heavy (non-hydrogen) atoms. The molecule has 0 saturated heterocycles. The zero-order valence-electron chi connectivity index (χ0n) is 8.84. The minimum Gasteiger partial charge on any atom is -0.449 e. The third-order valence-corrected chi connectivity index (χ3v) is 2.57. The number of nitrogens with one attached hydrogen (secondary N) is 2. The Labute approximate surface area is 85.4 Å². The van der Waals surface area contributed by atoms with Crippen molar-refractivity contribution in [1.29, 1.82) is 0 Å². The Hall–Kier alpha value is -0.770. The molecule has 0 aromatic carbocycles. The van der Waals surface area contributed by atoms with Gasteiger partial charge in [0.25, 0.3) is 0 Å². The summed E-state index contributed by atoms with van der Waals surface area (Å²) in [7, 11) is 1.85. The number of hydrogen-bond acceptors (Lipinski definition) is 3. The Balaban J connectivity index is 1.96. The molecule has 1 aliphatic rings. The maximum Gasteiger partial charge on any atom is 0.407 e. The van der Waals surface area contributed by atoms with E-state index < -0.39 is 0 Å². The fourth-order valence-corrected chi connectivity index (χ4v) is 1.71. The molecule has 0 radical (unpaired) electrons. The number of rotatable bonds is 5. The van der Waals surface area contributed by atoms with Crippen LogP contribution in [0.4, 0.5) is 4.79 Å². The van der Waals surface area contributed by atoms with Crippen molar-refractivity contribution >= 4 is 6.09 Å². The van der Waals surface area contributed by atoms with E-state index >= 15 is 0 Å². The molecular weight excluding hydrogens is 180 g/mol. The first kappa shape index (κ1) is 11.3. The van der Waals surface area contributed by atoms with Gasteiger partial charge in [0.15, 0.2) is 0 Å². The predicted octanol–water partition coefficient (Wildman–Crippen LogP) is 1.12. The van der Waals surface area contributed by atoms with Crippen LogP contribution in [0.15, 0.2) is 0 Å². The van der Waals surface area contributed by atoms with Crippen LogP contribution in [0, 0.1) is 5.92 Å². The zero-order chi connectivity index (χ0) is 10.2. The minimum atomic E-state index is -0.285. The van der Waals surface area contributed by atoms with Crippen molar-refractivity contribution in [1.82, 2.24) is 10.6 Å². The van der Waals surface area contributed by atoms with Gasteiger partial charge in [-0.2, -0.15) is 0 Å². The van der Waals surface area contributed by atoms with Crippen molar-refractivity contribution in [2.24, 2.45) is 5.92 Å². The summed E-state index contributed by atoms with van der Waals surface area (Å²) in [5.74, 6) is 0.602. The molecule has 0 aliphatic heterocycles. The molecule has 0 bridgehead atoms. The molecule has 1 fully saturated rings. The highest BCUT2D eigenvalue weighted by Crippen LogP contribution is 2.24. The van der Waals surface area contributed by atoms with Gasteiger partial charge in [-0.05, 0) is 25.8 Å². The number of likely N-dealkylation sites (N-methyl/N-ethyl adjacent to an activating group) is 1. The molecule has 0 spiro atoms. The fourth-order valence-electron chi connectivity index (χ4n) is 1.71. The average molecular weight is 200 g/mol. The Morgan fingerprint density at radius 2 is 2.07 bits per heavy atom. The van der Waals surface area contributed by atoms with Crippen LogP contribution in [-0.2, 0) is 4.74 Å². The molecule has 1 aliphatic carbocycles. The van der Waals surface area contributed by atoms with Crippen molar-refractivity contribution in [2.45, 2.75) is 25.7 Å². The Morgan fingerprint density at radius 1 is 1.36 bits per heavy atom. The standard InChI is InChI=1S/C10H20N2O2/c1-11-6-7-12-10(13)14-8-9-4-2-3-5-9/h9,11H,2-8H2,1H3,(H,12,13). The normalized spacial score (nSPS) is 16.9. The molecular formula is C10H20N2O2. The van der Waals surface area contributed by atoms with E-state index in [1.807, 2.05) is 7.05 Å².